The number of carbonyl (C=O) groups excluding carboxylic acids is 1. The van der Waals surface area contributed by atoms with Crippen molar-refractivity contribution in [2.45, 2.75) is 26.9 Å². The number of hydrogen-bond donors (Lipinski definition) is 3. The molecule has 38 heavy (non-hydrogen) atoms. The van der Waals surface area contributed by atoms with E-state index in [9.17, 15) is 4.79 Å². The van der Waals surface area contributed by atoms with Gasteiger partial charge in [-0.05, 0) is 19.9 Å². The zero-order valence-electron chi connectivity index (χ0n) is 22.0. The van der Waals surface area contributed by atoms with E-state index < -0.39 is 0 Å². The van der Waals surface area contributed by atoms with Crippen molar-refractivity contribution in [3.05, 3.63) is 59.4 Å². The van der Waals surface area contributed by atoms with Gasteiger partial charge in [-0.1, -0.05) is 12.1 Å². The molecule has 0 radical (unpaired) electrons. The van der Waals surface area contributed by atoms with Crippen molar-refractivity contribution < 1.29 is 9.53 Å². The van der Waals surface area contributed by atoms with Gasteiger partial charge in [-0.15, -0.1) is 10.2 Å². The topological polar surface area (TPSA) is 135 Å². The second-order valence-corrected chi connectivity index (χ2v) is 9.04. The number of benzene rings is 1. The number of aryl methyl sites for hydroxylation is 2. The maximum atomic E-state index is 12.7. The van der Waals surface area contributed by atoms with Crippen LogP contribution in [0.3, 0.4) is 0 Å². The van der Waals surface area contributed by atoms with Crippen LogP contribution in [0.4, 0.5) is 28.7 Å². The van der Waals surface area contributed by atoms with Crippen molar-refractivity contribution in [1.82, 2.24) is 35.3 Å². The highest BCUT2D eigenvalue weighted by Crippen LogP contribution is 2.44. The van der Waals surface area contributed by atoms with Gasteiger partial charge in [0.25, 0.3) is 5.91 Å². The van der Waals surface area contributed by atoms with E-state index in [-0.39, 0.29) is 11.6 Å². The Labute approximate surface area is 220 Å². The van der Waals surface area contributed by atoms with Gasteiger partial charge in [0.1, 0.15) is 11.6 Å². The summed E-state index contributed by atoms with van der Waals surface area (Å²) in [7, 11) is 5.29. The molecule has 4 aromatic rings. The Morgan fingerprint density at radius 3 is 2.66 bits per heavy atom. The first-order valence-electron chi connectivity index (χ1n) is 12.2. The molecule has 3 aromatic heterocycles. The lowest BCUT2D eigenvalue weighted by atomic mass is 9.98. The molecule has 196 valence electrons. The van der Waals surface area contributed by atoms with Gasteiger partial charge < -0.3 is 25.6 Å². The standard InChI is InChI=1S/C26H30N10O2/c1-15-11-22(30-16(2)29-15)32-23-12-20(24(34-33-23)26(37)27-3)31-19-8-6-7-17-18-13-28-36(9-10-38-5)21(18)14-35(4)25(17)19/h6-8,11-13H,9-10,14H2,1-5H3,(H,27,37)(H2,29,30,31,32,33). The van der Waals surface area contributed by atoms with Gasteiger partial charge in [0.2, 0.25) is 0 Å². The van der Waals surface area contributed by atoms with Crippen molar-refractivity contribution in [2.24, 2.45) is 0 Å². The van der Waals surface area contributed by atoms with Gasteiger partial charge in [0.05, 0.1) is 48.6 Å². The molecule has 0 saturated carbocycles. The molecule has 12 heteroatoms. The van der Waals surface area contributed by atoms with Gasteiger partial charge in [0.15, 0.2) is 11.5 Å². The number of aromatic nitrogens is 6. The van der Waals surface area contributed by atoms with E-state index in [0.29, 0.717) is 42.8 Å². The highest BCUT2D eigenvalue weighted by atomic mass is 16.5. The van der Waals surface area contributed by atoms with Crippen molar-refractivity contribution in [2.75, 3.05) is 43.3 Å². The lowest BCUT2D eigenvalue weighted by Gasteiger charge is -2.31. The van der Waals surface area contributed by atoms with E-state index in [4.69, 9.17) is 4.74 Å². The first kappa shape index (κ1) is 25.1. The molecule has 0 saturated heterocycles. The number of para-hydroxylation sites is 1. The monoisotopic (exact) mass is 514 g/mol. The maximum absolute atomic E-state index is 12.7. The maximum Gasteiger partial charge on any atom is 0.273 e. The van der Waals surface area contributed by atoms with Crippen LogP contribution in [0, 0.1) is 13.8 Å². The molecule has 3 N–H and O–H groups in total. The molecule has 5 rings (SSSR count). The summed E-state index contributed by atoms with van der Waals surface area (Å²) < 4.78 is 7.24. The van der Waals surface area contributed by atoms with Crippen LogP contribution >= 0.6 is 0 Å². The number of carbonyl (C=O) groups is 1. The summed E-state index contributed by atoms with van der Waals surface area (Å²) in [5.74, 6) is 1.33. The number of nitrogens with zero attached hydrogens (tertiary/aromatic N) is 7. The summed E-state index contributed by atoms with van der Waals surface area (Å²) in [5.41, 5.74) is 6.61. The average molecular weight is 515 g/mol. The summed E-state index contributed by atoms with van der Waals surface area (Å²) in [6, 6.07) is 9.61. The molecule has 1 aliphatic rings. The Balaban J connectivity index is 1.53. The molecule has 0 bridgehead atoms. The van der Waals surface area contributed by atoms with Gasteiger partial charge in [0, 0.05) is 50.2 Å². The number of rotatable bonds is 8. The molecule has 0 fully saturated rings. The predicted octanol–water partition coefficient (Wildman–Crippen LogP) is 3.19. The molecule has 0 unspecified atom stereocenters. The van der Waals surface area contributed by atoms with E-state index in [1.54, 1.807) is 20.2 Å². The van der Waals surface area contributed by atoms with E-state index in [1.807, 2.05) is 50.0 Å². The fourth-order valence-corrected chi connectivity index (χ4v) is 4.64. The van der Waals surface area contributed by atoms with Crippen LogP contribution in [0.5, 0.6) is 0 Å². The second-order valence-electron chi connectivity index (χ2n) is 9.04. The molecule has 0 atom stereocenters. The highest BCUT2D eigenvalue weighted by Gasteiger charge is 2.27. The van der Waals surface area contributed by atoms with Crippen molar-refractivity contribution in [1.29, 1.82) is 0 Å². The summed E-state index contributed by atoms with van der Waals surface area (Å²) in [6.07, 6.45) is 1.90. The number of nitrogens with one attached hydrogen (secondary N) is 3. The van der Waals surface area contributed by atoms with Crippen molar-refractivity contribution >= 4 is 34.6 Å². The SMILES string of the molecule is CNC(=O)c1nnc(Nc2cc(C)nc(C)n2)cc1Nc1cccc2c1N(C)Cc1c-2cnn1CCOC. The smallest absolute Gasteiger partial charge is 0.273 e. The summed E-state index contributed by atoms with van der Waals surface area (Å²) in [5, 5.41) is 22.3. The molecular formula is C26H30N10O2. The van der Waals surface area contributed by atoms with Gasteiger partial charge in [-0.3, -0.25) is 9.48 Å². The average Bonchev–Trinajstić information content (AvgIpc) is 3.29. The lowest BCUT2D eigenvalue weighted by Crippen LogP contribution is -2.25. The highest BCUT2D eigenvalue weighted by molar-refractivity contribution is 6.00. The zero-order valence-corrected chi connectivity index (χ0v) is 22.0. The van der Waals surface area contributed by atoms with Crippen LogP contribution in [0.2, 0.25) is 0 Å². The fraction of sp³-hybridized carbons (Fsp3) is 0.308. The second kappa shape index (κ2) is 10.4. The quantitative estimate of drug-likeness (QED) is 0.322. The molecule has 12 nitrogen and oxygen atoms in total. The van der Waals surface area contributed by atoms with Crippen LogP contribution in [0.15, 0.2) is 36.5 Å². The number of fused-ring (bicyclic) bond motifs is 3. The van der Waals surface area contributed by atoms with E-state index >= 15 is 0 Å². The summed E-state index contributed by atoms with van der Waals surface area (Å²) in [4.78, 5) is 23.6. The third-order valence-electron chi connectivity index (χ3n) is 6.28. The number of anilines is 5. The van der Waals surface area contributed by atoms with E-state index in [1.165, 1.54) is 0 Å². The first-order valence-corrected chi connectivity index (χ1v) is 12.2. The van der Waals surface area contributed by atoms with Crippen LogP contribution < -0.4 is 20.9 Å². The van der Waals surface area contributed by atoms with E-state index in [0.717, 1.165) is 33.9 Å². The largest absolute Gasteiger partial charge is 0.383 e. The summed E-state index contributed by atoms with van der Waals surface area (Å²) >= 11 is 0. The van der Waals surface area contributed by atoms with Crippen molar-refractivity contribution in [3.8, 4) is 11.1 Å². The minimum absolute atomic E-state index is 0.178. The van der Waals surface area contributed by atoms with E-state index in [2.05, 4.69) is 52.2 Å². The molecule has 0 spiro atoms. The molecule has 1 aromatic carbocycles. The molecular weight excluding hydrogens is 484 g/mol. The fourth-order valence-electron chi connectivity index (χ4n) is 4.64. The zero-order chi connectivity index (χ0) is 26.8. The molecule has 1 aliphatic heterocycles. The lowest BCUT2D eigenvalue weighted by molar-refractivity contribution is 0.0958. The number of amides is 1. The third kappa shape index (κ3) is 4.85. The molecule has 1 amide bonds. The van der Waals surface area contributed by atoms with Crippen LogP contribution in [0.25, 0.3) is 11.1 Å². The summed E-state index contributed by atoms with van der Waals surface area (Å²) in [6.45, 7) is 5.68. The number of ether oxygens (including phenoxy) is 1. The number of methoxy groups -OCH3 is 1. The first-order chi connectivity index (χ1) is 18.4. The van der Waals surface area contributed by atoms with Crippen LogP contribution in [-0.2, 0) is 17.8 Å². The Hall–Kier alpha value is -4.58. The Bertz CT molecular complexity index is 1480. The van der Waals surface area contributed by atoms with Gasteiger partial charge in [-0.25, -0.2) is 9.97 Å². The minimum atomic E-state index is -0.347. The predicted molar refractivity (Wildman–Crippen MR) is 145 cm³/mol. The third-order valence-corrected chi connectivity index (χ3v) is 6.28. The minimum Gasteiger partial charge on any atom is -0.383 e. The van der Waals surface area contributed by atoms with Crippen LogP contribution in [0.1, 0.15) is 27.7 Å². The van der Waals surface area contributed by atoms with Crippen LogP contribution in [-0.4, -0.2) is 63.7 Å². The van der Waals surface area contributed by atoms with Gasteiger partial charge in [-0.2, -0.15) is 5.10 Å². The normalized spacial score (nSPS) is 12.1. The Kier molecular flexibility index (Phi) is 6.88. The van der Waals surface area contributed by atoms with Gasteiger partial charge >= 0.3 is 0 Å². The Morgan fingerprint density at radius 2 is 1.89 bits per heavy atom. The van der Waals surface area contributed by atoms with Crippen molar-refractivity contribution in [3.63, 3.8) is 0 Å². The molecule has 0 aliphatic carbocycles. The Morgan fingerprint density at radius 1 is 1.05 bits per heavy atom. The molecule has 4 heterocycles. The number of hydrogen-bond acceptors (Lipinski definition) is 10.